The Balaban J connectivity index is 0.000000379. The predicted octanol–water partition coefficient (Wildman–Crippen LogP) is 6.91. The second-order valence-corrected chi connectivity index (χ2v) is 11.2. The number of nitrogens with zero attached hydrogens (tertiary/aromatic N) is 1. The monoisotopic (exact) mass is 566 g/mol. The molecule has 1 fully saturated rings. The molecule has 0 aliphatic carbocycles. The van der Waals surface area contributed by atoms with E-state index in [0.29, 0.717) is 18.9 Å². The SMILES string of the molecule is C1CCOC1.COc1ccc(SN(CCCNC(=O)Cc2ccc(O)cc2)CC(C)C)cc1.Cc1ccccc1. The van der Waals surface area contributed by atoms with E-state index in [4.69, 9.17) is 9.47 Å². The molecule has 3 aromatic rings. The van der Waals surface area contributed by atoms with E-state index < -0.39 is 0 Å². The zero-order valence-electron chi connectivity index (χ0n) is 24.5. The number of aromatic hydroxyl groups is 1. The maximum absolute atomic E-state index is 12.1. The molecule has 4 rings (SSSR count). The van der Waals surface area contributed by atoms with E-state index in [0.717, 1.165) is 44.0 Å². The molecular formula is C33H46N2O4S. The highest BCUT2D eigenvalue weighted by atomic mass is 32.2. The molecule has 3 aromatic carbocycles. The number of amides is 1. The Morgan fingerprint density at radius 2 is 1.65 bits per heavy atom. The number of aryl methyl sites for hydroxylation is 1. The summed E-state index contributed by atoms with van der Waals surface area (Å²) < 4.78 is 12.5. The first kappa shape index (κ1) is 33.2. The third-order valence-corrected chi connectivity index (χ3v) is 6.91. The van der Waals surface area contributed by atoms with Gasteiger partial charge in [0.2, 0.25) is 5.91 Å². The summed E-state index contributed by atoms with van der Waals surface area (Å²) in [5.74, 6) is 1.64. The summed E-state index contributed by atoms with van der Waals surface area (Å²) in [6, 6.07) is 25.1. The summed E-state index contributed by atoms with van der Waals surface area (Å²) in [4.78, 5) is 13.2. The van der Waals surface area contributed by atoms with Crippen molar-refractivity contribution in [2.24, 2.45) is 5.92 Å². The van der Waals surface area contributed by atoms with Gasteiger partial charge in [-0.1, -0.05) is 61.9 Å². The van der Waals surface area contributed by atoms with Gasteiger partial charge in [0.25, 0.3) is 0 Å². The van der Waals surface area contributed by atoms with E-state index >= 15 is 0 Å². The summed E-state index contributed by atoms with van der Waals surface area (Å²) in [6.07, 6.45) is 3.77. The van der Waals surface area contributed by atoms with Crippen LogP contribution in [0.5, 0.6) is 11.5 Å². The van der Waals surface area contributed by atoms with Gasteiger partial charge in [-0.3, -0.25) is 4.79 Å². The molecule has 2 N–H and O–H groups in total. The first-order valence-corrected chi connectivity index (χ1v) is 14.8. The van der Waals surface area contributed by atoms with Crippen LogP contribution in [0.3, 0.4) is 0 Å². The lowest BCUT2D eigenvalue weighted by Gasteiger charge is -2.23. The second-order valence-electron chi connectivity index (χ2n) is 10.1. The van der Waals surface area contributed by atoms with Gasteiger partial charge in [0.15, 0.2) is 0 Å². The van der Waals surface area contributed by atoms with Crippen LogP contribution in [0.4, 0.5) is 0 Å². The molecule has 0 spiro atoms. The van der Waals surface area contributed by atoms with Crippen LogP contribution in [-0.2, 0) is 16.0 Å². The molecule has 1 saturated heterocycles. The second kappa shape index (κ2) is 20.0. The third-order valence-electron chi connectivity index (χ3n) is 5.84. The molecular weight excluding hydrogens is 520 g/mol. The van der Waals surface area contributed by atoms with Crippen LogP contribution in [-0.4, -0.2) is 55.3 Å². The number of hydrogen-bond acceptors (Lipinski definition) is 6. The quantitative estimate of drug-likeness (QED) is 0.194. The molecule has 1 aliphatic heterocycles. The van der Waals surface area contributed by atoms with Gasteiger partial charge in [-0.25, -0.2) is 4.31 Å². The number of carbonyl (C=O) groups is 1. The van der Waals surface area contributed by atoms with Gasteiger partial charge >= 0.3 is 0 Å². The van der Waals surface area contributed by atoms with Crippen molar-refractivity contribution < 1.29 is 19.4 Å². The van der Waals surface area contributed by atoms with Crippen molar-refractivity contribution in [2.75, 3.05) is 40.0 Å². The molecule has 1 amide bonds. The van der Waals surface area contributed by atoms with E-state index in [1.165, 1.54) is 23.3 Å². The number of phenols is 1. The first-order chi connectivity index (χ1) is 19.4. The number of nitrogens with one attached hydrogen (secondary N) is 1. The lowest BCUT2D eigenvalue weighted by molar-refractivity contribution is -0.120. The summed E-state index contributed by atoms with van der Waals surface area (Å²) in [5.41, 5.74) is 2.22. The molecule has 0 atom stereocenters. The number of methoxy groups -OCH3 is 1. The highest BCUT2D eigenvalue weighted by Crippen LogP contribution is 2.25. The van der Waals surface area contributed by atoms with E-state index in [1.807, 2.05) is 30.3 Å². The Kier molecular flexibility index (Phi) is 16.6. The van der Waals surface area contributed by atoms with Crippen molar-refractivity contribution in [1.29, 1.82) is 0 Å². The highest BCUT2D eigenvalue weighted by Gasteiger charge is 2.10. The van der Waals surface area contributed by atoms with Crippen molar-refractivity contribution >= 4 is 17.9 Å². The van der Waals surface area contributed by atoms with E-state index in [9.17, 15) is 9.90 Å². The van der Waals surface area contributed by atoms with Crippen LogP contribution >= 0.6 is 11.9 Å². The maximum Gasteiger partial charge on any atom is 0.224 e. The van der Waals surface area contributed by atoms with Crippen molar-refractivity contribution in [3.8, 4) is 11.5 Å². The fraction of sp³-hybridized carbons (Fsp3) is 0.424. The van der Waals surface area contributed by atoms with E-state index in [2.05, 4.69) is 54.7 Å². The van der Waals surface area contributed by atoms with Crippen molar-refractivity contribution in [2.45, 2.75) is 51.3 Å². The van der Waals surface area contributed by atoms with Gasteiger partial charge in [-0.05, 0) is 86.0 Å². The molecule has 6 nitrogen and oxygen atoms in total. The fourth-order valence-electron chi connectivity index (χ4n) is 3.76. The molecule has 0 saturated carbocycles. The van der Waals surface area contributed by atoms with E-state index in [1.54, 1.807) is 43.3 Å². The Hall–Kier alpha value is -3.00. The summed E-state index contributed by atoms with van der Waals surface area (Å²) in [6.45, 7) is 11.0. The van der Waals surface area contributed by atoms with Crippen LogP contribution in [0.25, 0.3) is 0 Å². The summed E-state index contributed by atoms with van der Waals surface area (Å²) >= 11 is 1.74. The number of hydrogen-bond donors (Lipinski definition) is 2. The van der Waals surface area contributed by atoms with Gasteiger partial charge in [-0.15, -0.1) is 0 Å². The smallest absolute Gasteiger partial charge is 0.224 e. The molecule has 1 aliphatic rings. The van der Waals surface area contributed by atoms with Gasteiger partial charge in [0.1, 0.15) is 11.5 Å². The third kappa shape index (κ3) is 15.6. The van der Waals surface area contributed by atoms with Crippen LogP contribution in [0, 0.1) is 12.8 Å². The summed E-state index contributed by atoms with van der Waals surface area (Å²) in [7, 11) is 1.67. The number of benzene rings is 3. The van der Waals surface area contributed by atoms with Crippen molar-refractivity contribution in [3.05, 3.63) is 90.0 Å². The lowest BCUT2D eigenvalue weighted by Crippen LogP contribution is -2.29. The summed E-state index contributed by atoms with van der Waals surface area (Å²) in [5, 5.41) is 12.3. The van der Waals surface area contributed by atoms with Gasteiger partial charge in [0.05, 0.1) is 13.5 Å². The number of rotatable bonds is 11. The Morgan fingerprint density at radius 3 is 2.15 bits per heavy atom. The fourth-order valence-corrected chi connectivity index (χ4v) is 4.91. The van der Waals surface area contributed by atoms with E-state index in [-0.39, 0.29) is 11.7 Å². The van der Waals surface area contributed by atoms with Crippen molar-refractivity contribution in [3.63, 3.8) is 0 Å². The Bertz CT molecular complexity index is 1050. The number of ether oxygens (including phenoxy) is 2. The molecule has 40 heavy (non-hydrogen) atoms. The minimum absolute atomic E-state index is 0.00362. The predicted molar refractivity (Wildman–Crippen MR) is 166 cm³/mol. The number of carbonyl (C=O) groups excluding carboxylic acids is 1. The zero-order chi connectivity index (χ0) is 29.0. The first-order valence-electron chi connectivity index (χ1n) is 14.1. The number of phenolic OH excluding ortho intramolecular Hbond substituents is 1. The van der Waals surface area contributed by atoms with Crippen molar-refractivity contribution in [1.82, 2.24) is 9.62 Å². The average molecular weight is 567 g/mol. The molecule has 1 heterocycles. The molecule has 0 bridgehead atoms. The highest BCUT2D eigenvalue weighted by molar-refractivity contribution is 7.97. The Labute approximate surface area is 245 Å². The van der Waals surface area contributed by atoms with Crippen LogP contribution in [0.1, 0.15) is 44.2 Å². The normalized spacial score (nSPS) is 12.2. The van der Waals surface area contributed by atoms with Gasteiger partial charge < -0.3 is 19.9 Å². The van der Waals surface area contributed by atoms with Crippen LogP contribution in [0.15, 0.2) is 83.8 Å². The zero-order valence-corrected chi connectivity index (χ0v) is 25.3. The lowest BCUT2D eigenvalue weighted by atomic mass is 10.1. The molecule has 0 unspecified atom stereocenters. The van der Waals surface area contributed by atoms with Crippen LogP contribution < -0.4 is 10.1 Å². The van der Waals surface area contributed by atoms with Crippen LogP contribution in [0.2, 0.25) is 0 Å². The minimum atomic E-state index is 0.00362. The maximum atomic E-state index is 12.1. The average Bonchev–Trinajstić information content (AvgIpc) is 3.54. The van der Waals surface area contributed by atoms with Gasteiger partial charge in [0, 0.05) is 37.7 Å². The largest absolute Gasteiger partial charge is 0.508 e. The standard InChI is InChI=1S/C22H30N2O3S.C7H8.C4H8O/c1-17(2)16-24(28-21-11-9-20(27-3)10-12-21)14-4-13-23-22(26)15-18-5-7-19(25)8-6-18;1-7-5-3-2-4-6-7;1-2-4-5-3-1/h5-12,17,25H,4,13-16H2,1-3H3,(H,23,26);2-6H,1H3;1-4H2. The Morgan fingerprint density at radius 1 is 1.00 bits per heavy atom. The molecule has 218 valence electrons. The topological polar surface area (TPSA) is 71.0 Å². The van der Waals surface area contributed by atoms with Gasteiger partial charge in [-0.2, -0.15) is 0 Å². The molecule has 0 aromatic heterocycles. The molecule has 7 heteroatoms. The molecule has 0 radical (unpaired) electrons. The minimum Gasteiger partial charge on any atom is -0.508 e.